The molecule has 1 heterocycles. The fraction of sp³-hybridized carbons (Fsp3) is 0. The first-order valence-corrected chi connectivity index (χ1v) is 14.8. The van der Waals surface area contributed by atoms with Crippen molar-refractivity contribution in [3.63, 3.8) is 0 Å². The summed E-state index contributed by atoms with van der Waals surface area (Å²) in [7, 11) is 0. The van der Waals surface area contributed by atoms with Gasteiger partial charge in [-0.15, -0.1) is 0 Å². The second kappa shape index (κ2) is 11.8. The van der Waals surface area contributed by atoms with Gasteiger partial charge in [0.05, 0.1) is 11.0 Å². The molecule has 0 aliphatic carbocycles. The van der Waals surface area contributed by atoms with E-state index in [1.54, 1.807) is 6.08 Å². The van der Waals surface area contributed by atoms with Crippen molar-refractivity contribution in [2.45, 2.75) is 0 Å². The number of anilines is 2. The van der Waals surface area contributed by atoms with Gasteiger partial charge in [-0.05, 0) is 82.9 Å². The Kier molecular flexibility index (Phi) is 7.24. The predicted molar refractivity (Wildman–Crippen MR) is 189 cm³/mol. The van der Waals surface area contributed by atoms with Crippen LogP contribution in [-0.2, 0) is 0 Å². The van der Waals surface area contributed by atoms with Gasteiger partial charge in [0.15, 0.2) is 0 Å². The molecule has 0 amide bonds. The van der Waals surface area contributed by atoms with E-state index in [4.69, 9.17) is 0 Å². The molecule has 0 unspecified atom stereocenters. The van der Waals surface area contributed by atoms with Gasteiger partial charge in [0.1, 0.15) is 0 Å². The minimum absolute atomic E-state index is 0.954. The Bertz CT molecular complexity index is 2060. The highest BCUT2D eigenvalue weighted by molar-refractivity contribution is 6.09. The summed E-state index contributed by atoms with van der Waals surface area (Å²) < 4.78 is 2.35. The van der Waals surface area contributed by atoms with E-state index in [-0.39, 0.29) is 0 Å². The molecule has 0 fully saturated rings. The lowest BCUT2D eigenvalue weighted by Crippen LogP contribution is -2.14. The Hall–Kier alpha value is -5.86. The third-order valence-corrected chi connectivity index (χ3v) is 8.15. The van der Waals surface area contributed by atoms with E-state index in [1.807, 2.05) is 18.2 Å². The van der Waals surface area contributed by atoms with Crippen LogP contribution < -0.4 is 4.90 Å². The molecule has 0 aliphatic heterocycles. The zero-order valence-electron chi connectivity index (χ0n) is 24.5. The number of para-hydroxylation sites is 2. The second-order valence-electron chi connectivity index (χ2n) is 10.7. The highest BCUT2D eigenvalue weighted by Gasteiger charge is 2.14. The third kappa shape index (κ3) is 4.93. The number of hydrogen-bond donors (Lipinski definition) is 0. The fourth-order valence-corrected chi connectivity index (χ4v) is 6.04. The molecule has 1 aromatic heterocycles. The summed E-state index contributed by atoms with van der Waals surface area (Å²) in [6, 6.07) is 53.9. The van der Waals surface area contributed by atoms with Crippen LogP contribution >= 0.6 is 0 Å². The Balaban J connectivity index is 1.21. The van der Waals surface area contributed by atoms with E-state index in [1.165, 1.54) is 38.5 Å². The van der Waals surface area contributed by atoms with Gasteiger partial charge in [0.2, 0.25) is 0 Å². The van der Waals surface area contributed by atoms with Crippen LogP contribution in [0.25, 0.3) is 49.7 Å². The molecule has 0 aliphatic rings. The van der Waals surface area contributed by atoms with Gasteiger partial charge < -0.3 is 9.47 Å². The quantitative estimate of drug-likeness (QED) is 0.167. The summed E-state index contributed by atoms with van der Waals surface area (Å²) in [6.45, 7) is 8.02. The van der Waals surface area contributed by atoms with Crippen molar-refractivity contribution >= 4 is 33.2 Å². The third-order valence-electron chi connectivity index (χ3n) is 8.15. The van der Waals surface area contributed by atoms with E-state index in [0.717, 1.165) is 28.3 Å². The van der Waals surface area contributed by atoms with Crippen LogP contribution in [0.4, 0.5) is 11.4 Å². The molecule has 7 aromatic rings. The number of aromatic nitrogens is 1. The molecule has 0 bridgehead atoms. The highest BCUT2D eigenvalue weighted by Crippen LogP contribution is 2.35. The predicted octanol–water partition coefficient (Wildman–Crippen LogP) is 11.5. The van der Waals surface area contributed by atoms with Crippen molar-refractivity contribution in [2.24, 2.45) is 0 Å². The van der Waals surface area contributed by atoms with Crippen LogP contribution in [0.5, 0.6) is 0 Å². The van der Waals surface area contributed by atoms with Gasteiger partial charge in [-0.3, -0.25) is 0 Å². The number of allylic oxidation sites excluding steroid dienone is 3. The minimum Gasteiger partial charge on any atom is -0.311 e. The van der Waals surface area contributed by atoms with Crippen LogP contribution in [0.3, 0.4) is 0 Å². The van der Waals surface area contributed by atoms with Crippen molar-refractivity contribution in [1.29, 1.82) is 0 Å². The average molecular weight is 565 g/mol. The first-order chi connectivity index (χ1) is 21.7. The summed E-state index contributed by atoms with van der Waals surface area (Å²) in [4.78, 5) is 2.21. The van der Waals surface area contributed by atoms with E-state index in [0.29, 0.717) is 0 Å². The minimum atomic E-state index is 0.954. The van der Waals surface area contributed by atoms with Gasteiger partial charge >= 0.3 is 0 Å². The maximum Gasteiger partial charge on any atom is 0.0541 e. The van der Waals surface area contributed by atoms with Gasteiger partial charge in [-0.2, -0.15) is 0 Å². The van der Waals surface area contributed by atoms with Crippen molar-refractivity contribution in [3.8, 4) is 27.9 Å². The lowest BCUT2D eigenvalue weighted by atomic mass is 10.0. The standard InChI is InChI=1S/C42H32N2/c1-3-12-35(4-2)43(36-25-19-32(20-26-36)31-13-6-5-7-14-31)37-27-21-33(22-28-37)34-23-29-38(30-24-34)44-41-17-10-8-15-39(41)40-16-9-11-18-42(40)44/h3-30H,1-2H2/b35-12+. The largest absolute Gasteiger partial charge is 0.311 e. The molecule has 2 heteroatoms. The number of hydrogen-bond acceptors (Lipinski definition) is 1. The molecule has 0 spiro atoms. The maximum atomic E-state index is 4.09. The van der Waals surface area contributed by atoms with Crippen molar-refractivity contribution in [2.75, 3.05) is 4.90 Å². The molecule has 0 saturated carbocycles. The Morgan fingerprint density at radius 1 is 0.477 bits per heavy atom. The molecular formula is C42H32N2. The fourth-order valence-electron chi connectivity index (χ4n) is 6.04. The van der Waals surface area contributed by atoms with Crippen molar-refractivity contribution < 1.29 is 0 Å². The van der Waals surface area contributed by atoms with Crippen LogP contribution in [0.15, 0.2) is 189 Å². The number of benzene rings is 6. The molecule has 0 atom stereocenters. The molecule has 210 valence electrons. The molecule has 7 rings (SSSR count). The van der Waals surface area contributed by atoms with Crippen molar-refractivity contribution in [1.82, 2.24) is 4.57 Å². The summed E-state index contributed by atoms with van der Waals surface area (Å²) in [5, 5.41) is 2.54. The SMILES string of the molecule is C=C/C=C(\C=C)N(c1ccc(-c2ccccc2)cc1)c1ccc(-c2ccc(-n3c4ccccc4c4ccccc43)cc2)cc1. The molecule has 2 nitrogen and oxygen atoms in total. The highest BCUT2D eigenvalue weighted by atomic mass is 15.1. The van der Waals surface area contributed by atoms with E-state index in [9.17, 15) is 0 Å². The maximum absolute atomic E-state index is 4.09. The topological polar surface area (TPSA) is 8.17 Å². The van der Waals surface area contributed by atoms with Crippen LogP contribution in [0, 0.1) is 0 Å². The zero-order valence-corrected chi connectivity index (χ0v) is 24.5. The lowest BCUT2D eigenvalue weighted by molar-refractivity contribution is 1.18. The van der Waals surface area contributed by atoms with Gasteiger partial charge in [-0.1, -0.05) is 122 Å². The zero-order chi connectivity index (χ0) is 29.9. The molecule has 0 N–H and O–H groups in total. The van der Waals surface area contributed by atoms with Gasteiger partial charge in [0, 0.05) is 33.5 Å². The number of nitrogens with zero attached hydrogens (tertiary/aromatic N) is 2. The number of fused-ring (bicyclic) bond motifs is 3. The summed E-state index contributed by atoms with van der Waals surface area (Å²) in [5.74, 6) is 0. The summed E-state index contributed by atoms with van der Waals surface area (Å²) >= 11 is 0. The lowest BCUT2D eigenvalue weighted by Gasteiger charge is -2.26. The number of rotatable bonds is 8. The molecule has 44 heavy (non-hydrogen) atoms. The van der Waals surface area contributed by atoms with Crippen LogP contribution in [-0.4, -0.2) is 4.57 Å². The molecule has 0 saturated heterocycles. The average Bonchev–Trinajstić information content (AvgIpc) is 3.43. The van der Waals surface area contributed by atoms with Crippen LogP contribution in [0.1, 0.15) is 0 Å². The van der Waals surface area contributed by atoms with Gasteiger partial charge in [-0.25, -0.2) is 0 Å². The molecule has 6 aromatic carbocycles. The molecule has 0 radical (unpaired) electrons. The Labute approximate surface area is 258 Å². The van der Waals surface area contributed by atoms with Gasteiger partial charge in [0.25, 0.3) is 0 Å². The van der Waals surface area contributed by atoms with Crippen molar-refractivity contribution in [3.05, 3.63) is 189 Å². The first-order valence-electron chi connectivity index (χ1n) is 14.8. The van der Waals surface area contributed by atoms with E-state index in [2.05, 4.69) is 168 Å². The van der Waals surface area contributed by atoms with E-state index >= 15 is 0 Å². The molecular weight excluding hydrogens is 532 g/mol. The summed E-state index contributed by atoms with van der Waals surface area (Å²) in [6.07, 6.45) is 5.66. The monoisotopic (exact) mass is 564 g/mol. The Morgan fingerprint density at radius 3 is 1.39 bits per heavy atom. The normalized spacial score (nSPS) is 11.5. The van der Waals surface area contributed by atoms with Crippen LogP contribution in [0.2, 0.25) is 0 Å². The second-order valence-corrected chi connectivity index (χ2v) is 10.7. The smallest absolute Gasteiger partial charge is 0.0541 e. The first kappa shape index (κ1) is 27.0. The van der Waals surface area contributed by atoms with E-state index < -0.39 is 0 Å². The summed E-state index contributed by atoms with van der Waals surface area (Å²) in [5.41, 5.74) is 11.4. The Morgan fingerprint density at radius 2 is 0.909 bits per heavy atom.